The van der Waals surface area contributed by atoms with Crippen molar-refractivity contribution in [1.29, 1.82) is 0 Å². The van der Waals surface area contributed by atoms with Crippen molar-refractivity contribution in [2.45, 2.75) is 53.1 Å². The molecule has 19 heavy (non-hydrogen) atoms. The summed E-state index contributed by atoms with van der Waals surface area (Å²) < 4.78 is 4.73. The minimum Gasteiger partial charge on any atom is -0.468 e. The van der Waals surface area contributed by atoms with Gasteiger partial charge in [0.1, 0.15) is 6.04 Å². The fraction of sp³-hybridized carbons (Fsp3) is 0.857. The summed E-state index contributed by atoms with van der Waals surface area (Å²) >= 11 is 0. The third kappa shape index (κ3) is 7.82. The molecule has 2 atom stereocenters. The van der Waals surface area contributed by atoms with Gasteiger partial charge in [0.25, 0.3) is 0 Å². The first-order valence-electron chi connectivity index (χ1n) is 6.88. The Morgan fingerprint density at radius 2 is 1.68 bits per heavy atom. The summed E-state index contributed by atoms with van der Waals surface area (Å²) in [6.45, 7) is 10.2. The Morgan fingerprint density at radius 3 is 2.11 bits per heavy atom. The van der Waals surface area contributed by atoms with E-state index in [-0.39, 0.29) is 24.5 Å². The maximum absolute atomic E-state index is 11.7. The number of hydrogen-bond donors (Lipinski definition) is 2. The van der Waals surface area contributed by atoms with Crippen molar-refractivity contribution in [3.63, 3.8) is 0 Å². The van der Waals surface area contributed by atoms with Crippen LogP contribution < -0.4 is 10.6 Å². The molecule has 0 saturated carbocycles. The van der Waals surface area contributed by atoms with Gasteiger partial charge in [-0.1, -0.05) is 27.7 Å². The summed E-state index contributed by atoms with van der Waals surface area (Å²) in [5.41, 5.74) is 0. The van der Waals surface area contributed by atoms with Gasteiger partial charge in [0.2, 0.25) is 5.91 Å². The van der Waals surface area contributed by atoms with E-state index in [2.05, 4.69) is 10.6 Å². The van der Waals surface area contributed by atoms with Gasteiger partial charge in [-0.25, -0.2) is 0 Å². The first-order valence-corrected chi connectivity index (χ1v) is 6.88. The van der Waals surface area contributed by atoms with Crippen molar-refractivity contribution in [2.24, 2.45) is 11.8 Å². The van der Waals surface area contributed by atoms with Gasteiger partial charge in [0, 0.05) is 6.04 Å². The molecule has 0 aliphatic rings. The normalized spacial score (nSPS) is 14.3. The van der Waals surface area contributed by atoms with E-state index in [9.17, 15) is 9.59 Å². The van der Waals surface area contributed by atoms with E-state index in [1.165, 1.54) is 7.11 Å². The third-order valence-corrected chi connectivity index (χ3v) is 3.09. The second kappa shape index (κ2) is 8.91. The van der Waals surface area contributed by atoms with Crippen LogP contribution in [-0.4, -0.2) is 37.6 Å². The first-order chi connectivity index (χ1) is 8.77. The van der Waals surface area contributed by atoms with Crippen LogP contribution in [0.4, 0.5) is 0 Å². The highest BCUT2D eigenvalue weighted by atomic mass is 16.5. The van der Waals surface area contributed by atoms with Crippen LogP contribution in [0.1, 0.15) is 41.0 Å². The Balaban J connectivity index is 4.24. The molecule has 2 unspecified atom stereocenters. The summed E-state index contributed by atoms with van der Waals surface area (Å²) in [5.74, 6) is 0.322. The van der Waals surface area contributed by atoms with Gasteiger partial charge in [-0.15, -0.1) is 0 Å². The largest absolute Gasteiger partial charge is 0.468 e. The SMILES string of the molecule is COC(=O)C(CC(C)C)NCC(=O)NC(C)C(C)C. The van der Waals surface area contributed by atoms with Crippen molar-refractivity contribution < 1.29 is 14.3 Å². The van der Waals surface area contributed by atoms with Crippen molar-refractivity contribution in [3.05, 3.63) is 0 Å². The summed E-state index contributed by atoms with van der Waals surface area (Å²) in [4.78, 5) is 23.3. The van der Waals surface area contributed by atoms with Gasteiger partial charge in [-0.2, -0.15) is 0 Å². The average Bonchev–Trinajstić information content (AvgIpc) is 2.32. The number of hydrogen-bond acceptors (Lipinski definition) is 4. The van der Waals surface area contributed by atoms with Crippen molar-refractivity contribution in [2.75, 3.05) is 13.7 Å². The van der Waals surface area contributed by atoms with Gasteiger partial charge in [-0.05, 0) is 25.2 Å². The van der Waals surface area contributed by atoms with Crippen molar-refractivity contribution >= 4 is 11.9 Å². The number of methoxy groups -OCH3 is 1. The molecular weight excluding hydrogens is 244 g/mol. The fourth-order valence-electron chi connectivity index (χ4n) is 1.56. The standard InChI is InChI=1S/C14H28N2O3/c1-9(2)7-12(14(18)19-6)15-8-13(17)16-11(5)10(3)4/h9-12,15H,7-8H2,1-6H3,(H,16,17). The maximum atomic E-state index is 11.7. The topological polar surface area (TPSA) is 67.4 Å². The molecule has 0 rings (SSSR count). The van der Waals surface area contributed by atoms with Gasteiger partial charge in [0.05, 0.1) is 13.7 Å². The third-order valence-electron chi connectivity index (χ3n) is 3.09. The Hall–Kier alpha value is -1.10. The molecule has 0 saturated heterocycles. The summed E-state index contributed by atoms with van der Waals surface area (Å²) in [5, 5.41) is 5.85. The van der Waals surface area contributed by atoms with E-state index in [4.69, 9.17) is 4.74 Å². The molecule has 0 bridgehead atoms. The minimum absolute atomic E-state index is 0.0983. The smallest absolute Gasteiger partial charge is 0.322 e. The highest BCUT2D eigenvalue weighted by Gasteiger charge is 2.21. The summed E-state index contributed by atoms with van der Waals surface area (Å²) in [6.07, 6.45) is 0.652. The van der Waals surface area contributed by atoms with E-state index in [1.54, 1.807) is 0 Å². The molecule has 2 N–H and O–H groups in total. The molecule has 5 nitrogen and oxygen atoms in total. The average molecular weight is 272 g/mol. The molecular formula is C14H28N2O3. The van der Waals surface area contributed by atoms with Gasteiger partial charge in [0.15, 0.2) is 0 Å². The van der Waals surface area contributed by atoms with Crippen LogP contribution in [0.3, 0.4) is 0 Å². The predicted molar refractivity (Wildman–Crippen MR) is 75.7 cm³/mol. The van der Waals surface area contributed by atoms with E-state index >= 15 is 0 Å². The van der Waals surface area contributed by atoms with Crippen molar-refractivity contribution in [3.8, 4) is 0 Å². The van der Waals surface area contributed by atoms with E-state index < -0.39 is 6.04 Å². The molecule has 0 heterocycles. The predicted octanol–water partition coefficient (Wildman–Crippen LogP) is 1.32. The molecule has 0 fully saturated rings. The van der Waals surface area contributed by atoms with Crippen LogP contribution in [0.25, 0.3) is 0 Å². The number of esters is 1. The van der Waals surface area contributed by atoms with Crippen LogP contribution in [0.15, 0.2) is 0 Å². The molecule has 0 spiro atoms. The second-order valence-corrected chi connectivity index (χ2v) is 5.69. The zero-order valence-corrected chi connectivity index (χ0v) is 12.9. The molecule has 0 aromatic carbocycles. The number of carbonyl (C=O) groups excluding carboxylic acids is 2. The molecule has 0 aromatic heterocycles. The number of rotatable bonds is 8. The van der Waals surface area contributed by atoms with Crippen LogP contribution in [0.5, 0.6) is 0 Å². The van der Waals surface area contributed by atoms with Gasteiger partial charge < -0.3 is 10.1 Å². The molecule has 0 aromatic rings. The Labute approximate surface area is 116 Å². The Bertz CT molecular complexity index is 290. The van der Waals surface area contributed by atoms with E-state index in [1.807, 2.05) is 34.6 Å². The summed E-state index contributed by atoms with van der Waals surface area (Å²) in [6, 6.07) is -0.305. The van der Waals surface area contributed by atoms with E-state index in [0.29, 0.717) is 18.3 Å². The quantitative estimate of drug-likeness (QED) is 0.654. The molecule has 112 valence electrons. The minimum atomic E-state index is -0.426. The van der Waals surface area contributed by atoms with Crippen molar-refractivity contribution in [1.82, 2.24) is 10.6 Å². The summed E-state index contributed by atoms with van der Waals surface area (Å²) in [7, 11) is 1.36. The van der Waals surface area contributed by atoms with Gasteiger partial charge >= 0.3 is 5.97 Å². The monoisotopic (exact) mass is 272 g/mol. The molecule has 1 amide bonds. The molecule has 0 aliphatic heterocycles. The molecule has 0 aliphatic carbocycles. The maximum Gasteiger partial charge on any atom is 0.322 e. The lowest BCUT2D eigenvalue weighted by Gasteiger charge is -2.20. The highest BCUT2D eigenvalue weighted by Crippen LogP contribution is 2.06. The van der Waals surface area contributed by atoms with Crippen LogP contribution in [-0.2, 0) is 14.3 Å². The first kappa shape index (κ1) is 17.9. The number of ether oxygens (including phenoxy) is 1. The van der Waals surface area contributed by atoms with E-state index in [0.717, 1.165) is 0 Å². The van der Waals surface area contributed by atoms with Gasteiger partial charge in [-0.3, -0.25) is 14.9 Å². The number of amides is 1. The fourth-order valence-corrected chi connectivity index (χ4v) is 1.56. The second-order valence-electron chi connectivity index (χ2n) is 5.69. The molecule has 5 heteroatoms. The highest BCUT2D eigenvalue weighted by molar-refractivity contribution is 5.80. The van der Waals surface area contributed by atoms with Crippen LogP contribution in [0.2, 0.25) is 0 Å². The number of carbonyl (C=O) groups is 2. The van der Waals surface area contributed by atoms with Crippen LogP contribution in [0, 0.1) is 11.8 Å². The Morgan fingerprint density at radius 1 is 1.11 bits per heavy atom. The molecule has 0 radical (unpaired) electrons. The van der Waals surface area contributed by atoms with Crippen LogP contribution >= 0.6 is 0 Å². The lowest BCUT2D eigenvalue weighted by Crippen LogP contribution is -2.46. The number of nitrogens with one attached hydrogen (secondary N) is 2. The Kier molecular flexibility index (Phi) is 8.39. The lowest BCUT2D eigenvalue weighted by atomic mass is 10.0. The zero-order chi connectivity index (χ0) is 15.0. The zero-order valence-electron chi connectivity index (χ0n) is 12.9. The lowest BCUT2D eigenvalue weighted by molar-refractivity contribution is -0.143.